The van der Waals surface area contributed by atoms with Crippen molar-refractivity contribution in [2.24, 2.45) is 10.9 Å². The molecule has 1 aromatic rings. The number of halogens is 1. The van der Waals surface area contributed by atoms with E-state index in [4.69, 9.17) is 10.9 Å². The Morgan fingerprint density at radius 2 is 2.00 bits per heavy atom. The monoisotopic (exact) mass is 293 g/mol. The van der Waals surface area contributed by atoms with Gasteiger partial charge in [-0.05, 0) is 31.7 Å². The number of hydrogen-bond acceptors (Lipinski definition) is 4. The van der Waals surface area contributed by atoms with Crippen LogP contribution in [0.15, 0.2) is 23.4 Å². The zero-order valence-corrected chi connectivity index (χ0v) is 11.7. The minimum atomic E-state index is -0.432. The molecule has 21 heavy (non-hydrogen) atoms. The van der Waals surface area contributed by atoms with Crippen molar-refractivity contribution in [1.82, 2.24) is 4.90 Å². The van der Waals surface area contributed by atoms with Crippen LogP contribution in [-0.4, -0.2) is 39.2 Å². The number of piperidine rings is 1. The second-order valence-electron chi connectivity index (χ2n) is 5.95. The van der Waals surface area contributed by atoms with E-state index in [1.807, 2.05) is 0 Å². The van der Waals surface area contributed by atoms with Crippen LogP contribution in [0.5, 0.6) is 0 Å². The van der Waals surface area contributed by atoms with Crippen molar-refractivity contribution in [3.05, 3.63) is 35.1 Å². The zero-order valence-electron chi connectivity index (χ0n) is 11.7. The highest BCUT2D eigenvalue weighted by Crippen LogP contribution is 2.37. The molecule has 2 aliphatic heterocycles. The van der Waals surface area contributed by atoms with Crippen LogP contribution in [0, 0.1) is 5.82 Å². The maximum absolute atomic E-state index is 14.5. The Bertz CT molecular complexity index is 550. The Hall–Kier alpha value is -1.66. The Balaban J connectivity index is 1.83. The van der Waals surface area contributed by atoms with Gasteiger partial charge in [0, 0.05) is 24.2 Å². The first-order valence-corrected chi connectivity index (χ1v) is 7.29. The van der Waals surface area contributed by atoms with Crippen molar-refractivity contribution in [3.8, 4) is 0 Å². The third-order valence-electron chi connectivity index (χ3n) is 4.67. The van der Waals surface area contributed by atoms with Gasteiger partial charge in [-0.15, -0.1) is 0 Å². The first-order chi connectivity index (χ1) is 10.1. The highest BCUT2D eigenvalue weighted by atomic mass is 19.1. The quantitative estimate of drug-likeness (QED) is 0.340. The fourth-order valence-corrected chi connectivity index (χ4v) is 3.65. The molecule has 5 nitrogen and oxygen atoms in total. The topological polar surface area (TPSA) is 82.1 Å². The van der Waals surface area contributed by atoms with Crippen LogP contribution in [0.3, 0.4) is 0 Å². The van der Waals surface area contributed by atoms with Gasteiger partial charge in [0.2, 0.25) is 0 Å². The van der Waals surface area contributed by atoms with E-state index in [0.717, 1.165) is 25.7 Å². The normalized spacial score (nSPS) is 29.8. The standard InChI is InChI=1S/C15H20FN3O2/c16-14-9(2-1-3-13(14)15(17)18-21)8-19-10-4-5-11(19)7-12(20)6-10/h1-3,10-12,20-21H,4-8H2,(H2,17,18). The summed E-state index contributed by atoms with van der Waals surface area (Å²) in [7, 11) is 0. The van der Waals surface area contributed by atoms with E-state index in [0.29, 0.717) is 24.2 Å². The van der Waals surface area contributed by atoms with Gasteiger partial charge in [0.1, 0.15) is 5.82 Å². The number of aliphatic hydroxyl groups is 1. The number of nitrogens with two attached hydrogens (primary N) is 1. The maximum atomic E-state index is 14.5. The van der Waals surface area contributed by atoms with Crippen LogP contribution in [-0.2, 0) is 6.54 Å². The van der Waals surface area contributed by atoms with Gasteiger partial charge in [0.05, 0.1) is 11.7 Å². The molecule has 0 amide bonds. The summed E-state index contributed by atoms with van der Waals surface area (Å²) in [6.07, 6.45) is 3.41. The molecule has 4 N–H and O–H groups in total. The molecule has 1 aromatic carbocycles. The van der Waals surface area contributed by atoms with Crippen molar-refractivity contribution >= 4 is 5.84 Å². The molecule has 2 unspecified atom stereocenters. The van der Waals surface area contributed by atoms with Crippen LogP contribution in [0.2, 0.25) is 0 Å². The van der Waals surface area contributed by atoms with E-state index in [-0.39, 0.29) is 17.5 Å². The van der Waals surface area contributed by atoms with Crippen molar-refractivity contribution in [3.63, 3.8) is 0 Å². The molecule has 0 spiro atoms. The molecular weight excluding hydrogens is 273 g/mol. The largest absolute Gasteiger partial charge is 0.409 e. The molecule has 2 atom stereocenters. The molecule has 0 aromatic heterocycles. The lowest BCUT2D eigenvalue weighted by atomic mass is 9.98. The zero-order chi connectivity index (χ0) is 15.0. The number of oxime groups is 1. The third-order valence-corrected chi connectivity index (χ3v) is 4.67. The van der Waals surface area contributed by atoms with Crippen LogP contribution in [0.4, 0.5) is 4.39 Å². The average molecular weight is 293 g/mol. The summed E-state index contributed by atoms with van der Waals surface area (Å²) in [6, 6.07) is 5.60. The smallest absolute Gasteiger partial charge is 0.173 e. The number of rotatable bonds is 3. The number of hydrogen-bond donors (Lipinski definition) is 3. The molecule has 2 fully saturated rings. The van der Waals surface area contributed by atoms with Gasteiger partial charge in [-0.1, -0.05) is 17.3 Å². The Morgan fingerprint density at radius 1 is 1.33 bits per heavy atom. The van der Waals surface area contributed by atoms with Crippen molar-refractivity contribution in [2.45, 2.75) is 50.4 Å². The fraction of sp³-hybridized carbons (Fsp3) is 0.533. The Morgan fingerprint density at radius 3 is 2.62 bits per heavy atom. The van der Waals surface area contributed by atoms with Gasteiger partial charge in [-0.25, -0.2) is 4.39 Å². The second-order valence-corrected chi connectivity index (χ2v) is 5.95. The summed E-state index contributed by atoms with van der Waals surface area (Å²) in [4.78, 5) is 2.28. The molecule has 0 aliphatic carbocycles. The lowest BCUT2D eigenvalue weighted by molar-refractivity contribution is 0.0305. The molecule has 2 aliphatic rings. The van der Waals surface area contributed by atoms with Crippen LogP contribution in [0.1, 0.15) is 36.8 Å². The van der Waals surface area contributed by atoms with Crippen molar-refractivity contribution in [1.29, 1.82) is 0 Å². The number of fused-ring (bicyclic) bond motifs is 2. The molecule has 2 heterocycles. The van der Waals surface area contributed by atoms with E-state index in [2.05, 4.69) is 10.1 Å². The maximum Gasteiger partial charge on any atom is 0.173 e. The van der Waals surface area contributed by atoms with Gasteiger partial charge in [-0.3, -0.25) is 4.90 Å². The number of aliphatic hydroxyl groups excluding tert-OH is 1. The summed E-state index contributed by atoms with van der Waals surface area (Å²) < 4.78 is 14.5. The average Bonchev–Trinajstić information content (AvgIpc) is 2.71. The predicted molar refractivity (Wildman–Crippen MR) is 76.5 cm³/mol. The third kappa shape index (κ3) is 2.61. The van der Waals surface area contributed by atoms with Crippen LogP contribution < -0.4 is 5.73 Å². The highest BCUT2D eigenvalue weighted by Gasteiger charge is 2.40. The van der Waals surface area contributed by atoms with Gasteiger partial charge < -0.3 is 16.0 Å². The minimum Gasteiger partial charge on any atom is -0.409 e. The minimum absolute atomic E-state index is 0.124. The lowest BCUT2D eigenvalue weighted by Gasteiger charge is -2.37. The second kappa shape index (κ2) is 5.61. The molecule has 0 saturated carbocycles. The first-order valence-electron chi connectivity index (χ1n) is 7.29. The molecular formula is C15H20FN3O2. The fourth-order valence-electron chi connectivity index (χ4n) is 3.65. The first kappa shape index (κ1) is 14.3. The Labute approximate surface area is 122 Å². The van der Waals surface area contributed by atoms with Gasteiger partial charge >= 0.3 is 0 Å². The molecule has 0 radical (unpaired) electrons. The van der Waals surface area contributed by atoms with E-state index in [9.17, 15) is 9.50 Å². The van der Waals surface area contributed by atoms with Crippen LogP contribution >= 0.6 is 0 Å². The number of amidine groups is 1. The number of nitrogens with zero attached hydrogens (tertiary/aromatic N) is 2. The van der Waals surface area contributed by atoms with E-state index >= 15 is 0 Å². The lowest BCUT2D eigenvalue weighted by Crippen LogP contribution is -2.44. The molecule has 2 bridgehead atoms. The van der Waals surface area contributed by atoms with E-state index in [1.54, 1.807) is 12.1 Å². The molecule has 3 rings (SSSR count). The van der Waals surface area contributed by atoms with E-state index in [1.165, 1.54) is 6.07 Å². The Kier molecular flexibility index (Phi) is 3.82. The van der Waals surface area contributed by atoms with Crippen molar-refractivity contribution in [2.75, 3.05) is 0 Å². The molecule has 6 heteroatoms. The van der Waals surface area contributed by atoms with Gasteiger partial charge in [-0.2, -0.15) is 0 Å². The van der Waals surface area contributed by atoms with Crippen LogP contribution in [0.25, 0.3) is 0 Å². The van der Waals surface area contributed by atoms with E-state index < -0.39 is 5.82 Å². The SMILES string of the molecule is N/C(=N/O)c1cccc(CN2C3CCC2CC(O)C3)c1F. The summed E-state index contributed by atoms with van der Waals surface area (Å²) in [5.74, 6) is -0.648. The van der Waals surface area contributed by atoms with Crippen molar-refractivity contribution < 1.29 is 14.7 Å². The van der Waals surface area contributed by atoms with Gasteiger partial charge in [0.15, 0.2) is 5.84 Å². The number of benzene rings is 1. The van der Waals surface area contributed by atoms with Gasteiger partial charge in [0.25, 0.3) is 0 Å². The molecule has 114 valence electrons. The predicted octanol–water partition coefficient (Wildman–Crippen LogP) is 1.41. The summed E-state index contributed by atoms with van der Waals surface area (Å²) in [5, 5.41) is 21.4. The summed E-state index contributed by atoms with van der Waals surface area (Å²) in [5.41, 5.74) is 6.17. The highest BCUT2D eigenvalue weighted by molar-refractivity contribution is 5.97. The molecule has 2 saturated heterocycles. The summed E-state index contributed by atoms with van der Waals surface area (Å²) >= 11 is 0. The summed E-state index contributed by atoms with van der Waals surface area (Å²) in [6.45, 7) is 0.500.